The summed E-state index contributed by atoms with van der Waals surface area (Å²) in [6, 6.07) is 7.86. The first-order valence-corrected chi connectivity index (χ1v) is 15.6. The molecule has 4 rings (SSSR count). The highest BCUT2D eigenvalue weighted by Crippen LogP contribution is 2.37. The van der Waals surface area contributed by atoms with Crippen LogP contribution in [-0.2, 0) is 33.9 Å². The summed E-state index contributed by atoms with van der Waals surface area (Å²) >= 11 is 1.31. The number of fused-ring (bicyclic) bond motifs is 4. The van der Waals surface area contributed by atoms with Gasteiger partial charge in [-0.3, -0.25) is 19.4 Å². The molecule has 0 saturated heterocycles. The smallest absolute Gasteiger partial charge is 0.305 e. The zero-order valence-corrected chi connectivity index (χ0v) is 27.0. The predicted molar refractivity (Wildman–Crippen MR) is 178 cm³/mol. The van der Waals surface area contributed by atoms with E-state index in [2.05, 4.69) is 25.2 Å². The highest BCUT2D eigenvalue weighted by molar-refractivity contribution is 8.13. The number of carbonyl (C=O) groups is 2. The lowest BCUT2D eigenvalue weighted by Gasteiger charge is -2.12. The maximum Gasteiger partial charge on any atom is 0.305 e. The maximum atomic E-state index is 13.3. The Balaban J connectivity index is 0.000000720. The number of hydrogen-bond donors (Lipinski definition) is 0. The van der Waals surface area contributed by atoms with Gasteiger partial charge in [0, 0.05) is 36.2 Å². The van der Waals surface area contributed by atoms with Gasteiger partial charge in [0.05, 0.1) is 35.6 Å². The molecule has 43 heavy (non-hydrogen) atoms. The van der Waals surface area contributed by atoms with Crippen LogP contribution in [0.1, 0.15) is 69.7 Å². The lowest BCUT2D eigenvalue weighted by atomic mass is 9.98. The van der Waals surface area contributed by atoms with Crippen LogP contribution in [0.15, 0.2) is 59.0 Å². The van der Waals surface area contributed by atoms with Gasteiger partial charge < -0.3 is 14.0 Å². The van der Waals surface area contributed by atoms with Crippen molar-refractivity contribution >= 4 is 40.5 Å². The monoisotopic (exact) mass is 605 g/mol. The molecule has 230 valence electrons. The minimum Gasteiger partial charge on any atom is -0.494 e. The van der Waals surface area contributed by atoms with Crippen LogP contribution in [0.2, 0.25) is 0 Å². The van der Waals surface area contributed by atoms with Crippen molar-refractivity contribution in [2.24, 2.45) is 4.99 Å². The fourth-order valence-electron chi connectivity index (χ4n) is 4.56. The van der Waals surface area contributed by atoms with Crippen LogP contribution in [0.25, 0.3) is 22.3 Å². The number of rotatable bonds is 11. The van der Waals surface area contributed by atoms with Crippen molar-refractivity contribution in [2.45, 2.75) is 74.0 Å². The number of esters is 1. The topological polar surface area (TPSA) is 99.8 Å². The third-order valence-electron chi connectivity index (χ3n) is 6.57. The van der Waals surface area contributed by atoms with Crippen molar-refractivity contribution in [1.29, 1.82) is 0 Å². The zero-order valence-electron chi connectivity index (χ0n) is 26.2. The molecule has 3 aromatic rings. The van der Waals surface area contributed by atoms with E-state index in [0.29, 0.717) is 18.7 Å². The number of aryl methyl sites for hydroxylation is 2. The molecule has 0 spiro atoms. The second kappa shape index (κ2) is 17.9. The third kappa shape index (κ3) is 9.25. The molecule has 1 aromatic carbocycles. The first-order valence-electron chi connectivity index (χ1n) is 14.6. The first-order chi connectivity index (χ1) is 20.7. The van der Waals surface area contributed by atoms with Crippen LogP contribution in [0.5, 0.6) is 5.75 Å². The molecule has 1 aliphatic heterocycles. The number of carbonyl (C=O) groups excluding carboxylic acids is 2. The number of hydrogen-bond acceptors (Lipinski definition) is 8. The molecule has 0 fully saturated rings. The Morgan fingerprint density at radius 2 is 1.93 bits per heavy atom. The second-order valence-electron chi connectivity index (χ2n) is 9.35. The summed E-state index contributed by atoms with van der Waals surface area (Å²) in [6.07, 6.45) is 6.80. The van der Waals surface area contributed by atoms with Gasteiger partial charge >= 0.3 is 5.97 Å². The van der Waals surface area contributed by atoms with Gasteiger partial charge in [-0.1, -0.05) is 52.1 Å². The van der Waals surface area contributed by atoms with E-state index in [9.17, 15) is 14.4 Å². The second-order valence-corrected chi connectivity index (χ2v) is 10.6. The zero-order chi connectivity index (χ0) is 31.9. The van der Waals surface area contributed by atoms with Crippen LogP contribution in [0.4, 0.5) is 0 Å². The molecular weight excluding hydrogens is 562 g/mol. The molecule has 1 aliphatic rings. The fourth-order valence-corrected chi connectivity index (χ4v) is 5.11. The molecule has 0 bridgehead atoms. The number of aromatic nitrogens is 2. The Morgan fingerprint density at radius 1 is 1.19 bits per heavy atom. The molecule has 0 unspecified atom stereocenters. The fraction of sp³-hybridized carbons (Fsp3) is 0.382. The average Bonchev–Trinajstić information content (AvgIpc) is 3.37. The number of thioether (sulfide) groups is 1. The van der Waals surface area contributed by atoms with E-state index in [1.54, 1.807) is 36.8 Å². The van der Waals surface area contributed by atoms with Crippen LogP contribution in [0, 0.1) is 6.92 Å². The van der Waals surface area contributed by atoms with Crippen LogP contribution in [-0.4, -0.2) is 39.7 Å². The maximum absolute atomic E-state index is 13.3. The third-order valence-corrected chi connectivity index (χ3v) is 7.47. The van der Waals surface area contributed by atoms with Crippen molar-refractivity contribution < 1.29 is 19.1 Å². The van der Waals surface area contributed by atoms with Gasteiger partial charge in [-0.05, 0) is 68.0 Å². The Hall–Kier alpha value is -3.98. The van der Waals surface area contributed by atoms with Crippen molar-refractivity contribution in [3.8, 4) is 17.1 Å². The van der Waals surface area contributed by atoms with E-state index >= 15 is 0 Å². The molecule has 2 aromatic heterocycles. The molecule has 0 radical (unpaired) electrons. The first kappa shape index (κ1) is 35.2. The van der Waals surface area contributed by atoms with Gasteiger partial charge in [-0.15, -0.1) is 0 Å². The lowest BCUT2D eigenvalue weighted by Crippen LogP contribution is -2.25. The number of benzene rings is 1. The minimum absolute atomic E-state index is 0.0182. The Kier molecular flexibility index (Phi) is 14.6. The standard InChI is InChI=1S/C27H30N2O5S.C5H7N.C2H6/c1-5-19-20-13-18(33-10-7-11-35-17(4)30)8-9-23(20)28-26-21(19)14-29-24(26)12-16(3)22(27(29)32)15-34-25(31)6-2;1-3-4-5-6-2;1-2/h8-9,12-13H,5-7,10-11,14-15H2,1-4H3;3-5H,1-2H2;1-2H3/b;5-4-;. The Bertz CT molecular complexity index is 1530. The van der Waals surface area contributed by atoms with Gasteiger partial charge in [-0.2, -0.15) is 0 Å². The summed E-state index contributed by atoms with van der Waals surface area (Å²) in [5.41, 5.74) is 5.86. The van der Waals surface area contributed by atoms with Gasteiger partial charge in [0.1, 0.15) is 12.4 Å². The van der Waals surface area contributed by atoms with Crippen LogP contribution in [0.3, 0.4) is 0 Å². The lowest BCUT2D eigenvalue weighted by molar-refractivity contribution is -0.144. The molecule has 9 heteroatoms. The van der Waals surface area contributed by atoms with E-state index in [1.807, 2.05) is 45.0 Å². The van der Waals surface area contributed by atoms with E-state index in [0.717, 1.165) is 63.3 Å². The van der Waals surface area contributed by atoms with E-state index in [1.165, 1.54) is 11.8 Å². The molecule has 0 amide bonds. The molecule has 0 atom stereocenters. The van der Waals surface area contributed by atoms with Crippen LogP contribution < -0.4 is 10.3 Å². The summed E-state index contributed by atoms with van der Waals surface area (Å²) in [7, 11) is 0. The van der Waals surface area contributed by atoms with E-state index < -0.39 is 0 Å². The average molecular weight is 606 g/mol. The van der Waals surface area contributed by atoms with Gasteiger partial charge in [0.25, 0.3) is 5.56 Å². The highest BCUT2D eigenvalue weighted by Gasteiger charge is 2.27. The number of allylic oxidation sites excluding steroid dienone is 2. The normalized spacial score (nSPS) is 11.0. The Labute approximate surface area is 258 Å². The van der Waals surface area contributed by atoms with Crippen molar-refractivity contribution in [2.75, 3.05) is 12.4 Å². The summed E-state index contributed by atoms with van der Waals surface area (Å²) < 4.78 is 12.9. The Morgan fingerprint density at radius 3 is 2.53 bits per heavy atom. The van der Waals surface area contributed by atoms with E-state index in [-0.39, 0.29) is 29.7 Å². The number of ether oxygens (including phenoxy) is 2. The van der Waals surface area contributed by atoms with Crippen LogP contribution >= 0.6 is 11.8 Å². The summed E-state index contributed by atoms with van der Waals surface area (Å²) in [4.78, 5) is 44.4. The van der Waals surface area contributed by atoms with Crippen molar-refractivity contribution in [3.63, 3.8) is 0 Å². The van der Waals surface area contributed by atoms with Gasteiger partial charge in [0.2, 0.25) is 0 Å². The SMILES string of the molecule is C=C/C=C\N=C.CC.CCC(=O)OCc1c(C)cc2n(c1=O)Cc1c-2nc2ccc(OCCCSC(C)=O)cc2c1CC. The van der Waals surface area contributed by atoms with Gasteiger partial charge in [-0.25, -0.2) is 4.98 Å². The molecule has 0 aliphatic carbocycles. The number of aliphatic imine (C=N–C) groups is 1. The summed E-state index contributed by atoms with van der Waals surface area (Å²) in [5.74, 6) is 1.18. The molecule has 0 saturated carbocycles. The summed E-state index contributed by atoms with van der Waals surface area (Å²) in [5, 5.41) is 1.14. The number of pyridine rings is 2. The molecular formula is C34H43N3O5S. The van der Waals surface area contributed by atoms with Gasteiger partial charge in [0.15, 0.2) is 5.12 Å². The number of nitrogens with zero attached hydrogens (tertiary/aromatic N) is 3. The van der Waals surface area contributed by atoms with E-state index in [4.69, 9.17) is 14.5 Å². The molecule has 8 nitrogen and oxygen atoms in total. The predicted octanol–water partition coefficient (Wildman–Crippen LogP) is 7.21. The minimum atomic E-state index is -0.325. The van der Waals surface area contributed by atoms with Crippen molar-refractivity contribution in [3.05, 3.63) is 81.8 Å². The van der Waals surface area contributed by atoms with Crippen molar-refractivity contribution in [1.82, 2.24) is 9.55 Å². The summed E-state index contributed by atoms with van der Waals surface area (Å²) in [6.45, 7) is 18.9. The largest absolute Gasteiger partial charge is 0.494 e. The quantitative estimate of drug-likeness (QED) is 0.0771. The highest BCUT2D eigenvalue weighted by atomic mass is 32.2. The molecule has 0 N–H and O–H groups in total. The molecule has 3 heterocycles.